The average molecular weight is 523 g/mol. The maximum absolute atomic E-state index is 6.54. The standard InChI is InChI=1S/C26H27Cl4N3/c1-31(2)19-12-10-18(11-13-19)26-32(16-20-22(27)6-3-7-23(20)28)14-5-15-33(26)17-21-24(29)8-4-9-25(21)30/h3-4,6-13,26H,5,14-17H2,1-2H3. The van der Waals surface area contributed by atoms with Crippen molar-refractivity contribution in [1.29, 1.82) is 0 Å². The van der Waals surface area contributed by atoms with Crippen LogP contribution in [0.5, 0.6) is 0 Å². The van der Waals surface area contributed by atoms with Gasteiger partial charge >= 0.3 is 0 Å². The third-order valence-corrected chi connectivity index (χ3v) is 7.55. The molecule has 3 nitrogen and oxygen atoms in total. The second kappa shape index (κ2) is 10.9. The van der Waals surface area contributed by atoms with Crippen molar-refractivity contribution in [2.24, 2.45) is 0 Å². The molecule has 0 radical (unpaired) electrons. The summed E-state index contributed by atoms with van der Waals surface area (Å²) in [6.07, 6.45) is 1.06. The number of hydrogen-bond acceptors (Lipinski definition) is 3. The van der Waals surface area contributed by atoms with Crippen LogP contribution in [0.25, 0.3) is 0 Å². The van der Waals surface area contributed by atoms with Gasteiger partial charge in [0.2, 0.25) is 0 Å². The molecule has 0 bridgehead atoms. The lowest BCUT2D eigenvalue weighted by Gasteiger charge is -2.45. The number of rotatable bonds is 6. The largest absolute Gasteiger partial charge is 0.378 e. The van der Waals surface area contributed by atoms with Crippen LogP contribution in [-0.4, -0.2) is 37.0 Å². The summed E-state index contributed by atoms with van der Waals surface area (Å²) in [5, 5.41) is 2.76. The number of halogens is 4. The highest BCUT2D eigenvalue weighted by molar-refractivity contribution is 6.36. The van der Waals surface area contributed by atoms with Crippen LogP contribution in [0.3, 0.4) is 0 Å². The molecular formula is C26H27Cl4N3. The first-order valence-corrected chi connectivity index (χ1v) is 12.5. The first kappa shape index (κ1) is 24.7. The van der Waals surface area contributed by atoms with Gasteiger partial charge in [0.25, 0.3) is 0 Å². The molecule has 1 aliphatic heterocycles. The van der Waals surface area contributed by atoms with E-state index < -0.39 is 0 Å². The Labute approximate surface area is 216 Å². The second-order valence-electron chi connectivity index (χ2n) is 8.55. The monoisotopic (exact) mass is 521 g/mol. The fourth-order valence-corrected chi connectivity index (χ4v) is 5.46. The van der Waals surface area contributed by atoms with Crippen LogP contribution in [0.2, 0.25) is 20.1 Å². The Kier molecular flexibility index (Phi) is 8.11. The molecular weight excluding hydrogens is 496 g/mol. The number of anilines is 1. The van der Waals surface area contributed by atoms with E-state index in [0.29, 0.717) is 33.2 Å². The molecule has 1 saturated heterocycles. The highest BCUT2D eigenvalue weighted by Crippen LogP contribution is 2.37. The van der Waals surface area contributed by atoms with Crippen LogP contribution < -0.4 is 4.90 Å². The Morgan fingerprint density at radius 3 is 1.52 bits per heavy atom. The maximum Gasteiger partial charge on any atom is 0.0892 e. The predicted octanol–water partition coefficient (Wildman–Crippen LogP) is 7.77. The van der Waals surface area contributed by atoms with Gasteiger partial charge in [-0.15, -0.1) is 0 Å². The summed E-state index contributed by atoms with van der Waals surface area (Å²) in [5.41, 5.74) is 4.28. The third kappa shape index (κ3) is 5.62. The quantitative estimate of drug-likeness (QED) is 0.327. The predicted molar refractivity (Wildman–Crippen MR) is 142 cm³/mol. The Balaban J connectivity index is 1.71. The summed E-state index contributed by atoms with van der Waals surface area (Å²) in [4.78, 5) is 6.98. The van der Waals surface area contributed by atoms with Crippen LogP contribution in [0, 0.1) is 0 Å². The molecule has 1 heterocycles. The van der Waals surface area contributed by atoms with Gasteiger partial charge in [-0.05, 0) is 48.4 Å². The summed E-state index contributed by atoms with van der Waals surface area (Å²) in [5.74, 6) is 0. The Morgan fingerprint density at radius 2 is 1.12 bits per heavy atom. The van der Waals surface area contributed by atoms with Crippen molar-refractivity contribution >= 4 is 52.1 Å². The van der Waals surface area contributed by atoms with Crippen LogP contribution in [0.1, 0.15) is 29.3 Å². The van der Waals surface area contributed by atoms with Crippen LogP contribution in [0.4, 0.5) is 5.69 Å². The van der Waals surface area contributed by atoms with E-state index in [1.165, 1.54) is 5.56 Å². The highest BCUT2D eigenvalue weighted by Gasteiger charge is 2.32. The van der Waals surface area contributed by atoms with Gasteiger partial charge in [-0.1, -0.05) is 70.7 Å². The minimum Gasteiger partial charge on any atom is -0.378 e. The number of hydrogen-bond donors (Lipinski definition) is 0. The van der Waals surface area contributed by atoms with Crippen LogP contribution >= 0.6 is 46.4 Å². The van der Waals surface area contributed by atoms with E-state index in [1.807, 2.05) is 50.5 Å². The van der Waals surface area contributed by atoms with E-state index >= 15 is 0 Å². The van der Waals surface area contributed by atoms with Crippen molar-refractivity contribution in [3.8, 4) is 0 Å². The molecule has 0 spiro atoms. The van der Waals surface area contributed by atoms with Crippen LogP contribution in [-0.2, 0) is 13.1 Å². The maximum atomic E-state index is 6.54. The van der Waals surface area contributed by atoms with Crippen LogP contribution in [0.15, 0.2) is 60.7 Å². The molecule has 0 unspecified atom stereocenters. The van der Waals surface area contributed by atoms with E-state index in [0.717, 1.165) is 36.3 Å². The zero-order valence-corrected chi connectivity index (χ0v) is 21.8. The molecule has 0 aliphatic carbocycles. The van der Waals surface area contributed by atoms with E-state index in [1.54, 1.807) is 0 Å². The molecule has 0 atom stereocenters. The van der Waals surface area contributed by atoms with Crippen molar-refractivity contribution in [2.75, 3.05) is 32.1 Å². The Bertz CT molecular complexity index is 999. The number of nitrogens with zero attached hydrogens (tertiary/aromatic N) is 3. The molecule has 4 rings (SSSR count). The van der Waals surface area contributed by atoms with Gasteiger partial charge in [-0.3, -0.25) is 9.80 Å². The molecule has 7 heteroatoms. The lowest BCUT2D eigenvalue weighted by molar-refractivity contribution is -0.00901. The van der Waals surface area contributed by atoms with Crippen molar-refractivity contribution in [2.45, 2.75) is 25.7 Å². The fraction of sp³-hybridized carbons (Fsp3) is 0.308. The molecule has 1 aliphatic rings. The van der Waals surface area contributed by atoms with Gasteiger partial charge in [-0.2, -0.15) is 0 Å². The summed E-state index contributed by atoms with van der Waals surface area (Å²) in [7, 11) is 4.10. The minimum atomic E-state index is 0.0367. The molecule has 3 aromatic carbocycles. The van der Waals surface area contributed by atoms with Crippen molar-refractivity contribution in [1.82, 2.24) is 9.80 Å². The van der Waals surface area contributed by atoms with E-state index in [2.05, 4.69) is 39.0 Å². The summed E-state index contributed by atoms with van der Waals surface area (Å²) in [6, 6.07) is 20.1. The zero-order chi connectivity index (χ0) is 23.5. The van der Waals surface area contributed by atoms with Gasteiger partial charge < -0.3 is 4.90 Å². The smallest absolute Gasteiger partial charge is 0.0892 e. The molecule has 0 aromatic heterocycles. The lowest BCUT2D eigenvalue weighted by atomic mass is 10.0. The lowest BCUT2D eigenvalue weighted by Crippen LogP contribution is -2.47. The molecule has 1 fully saturated rings. The molecule has 33 heavy (non-hydrogen) atoms. The first-order chi connectivity index (χ1) is 15.8. The molecule has 174 valence electrons. The molecule has 0 saturated carbocycles. The first-order valence-electron chi connectivity index (χ1n) is 11.0. The molecule has 3 aromatic rings. The zero-order valence-electron chi connectivity index (χ0n) is 18.7. The topological polar surface area (TPSA) is 9.72 Å². The summed E-state index contributed by atoms with van der Waals surface area (Å²) >= 11 is 26.2. The summed E-state index contributed by atoms with van der Waals surface area (Å²) in [6.45, 7) is 3.19. The van der Waals surface area contributed by atoms with Crippen molar-refractivity contribution < 1.29 is 0 Å². The van der Waals surface area contributed by atoms with Gasteiger partial charge in [0.1, 0.15) is 0 Å². The van der Waals surface area contributed by atoms with Crippen molar-refractivity contribution in [3.05, 3.63) is 97.4 Å². The second-order valence-corrected chi connectivity index (χ2v) is 10.2. The van der Waals surface area contributed by atoms with E-state index in [-0.39, 0.29) is 6.17 Å². The Morgan fingerprint density at radius 1 is 0.697 bits per heavy atom. The molecule has 0 amide bonds. The van der Waals surface area contributed by atoms with Crippen molar-refractivity contribution in [3.63, 3.8) is 0 Å². The average Bonchev–Trinajstić information content (AvgIpc) is 2.79. The minimum absolute atomic E-state index is 0.0367. The van der Waals surface area contributed by atoms with Gasteiger partial charge in [0.05, 0.1) is 6.17 Å². The van der Waals surface area contributed by atoms with E-state index in [4.69, 9.17) is 46.4 Å². The van der Waals surface area contributed by atoms with Gasteiger partial charge in [0, 0.05) is 77.2 Å². The third-order valence-electron chi connectivity index (χ3n) is 6.14. The number of benzene rings is 3. The highest BCUT2D eigenvalue weighted by atomic mass is 35.5. The summed E-state index contributed by atoms with van der Waals surface area (Å²) < 4.78 is 0. The van der Waals surface area contributed by atoms with Gasteiger partial charge in [-0.25, -0.2) is 0 Å². The van der Waals surface area contributed by atoms with Gasteiger partial charge in [0.15, 0.2) is 0 Å². The van der Waals surface area contributed by atoms with E-state index in [9.17, 15) is 0 Å². The normalized spacial score (nSPS) is 15.7. The SMILES string of the molecule is CN(C)c1ccc(C2N(Cc3c(Cl)cccc3Cl)CCCN2Cc2c(Cl)cccc2Cl)cc1. The molecule has 0 N–H and O–H groups in total. The Hall–Kier alpha value is -1.46. The fourth-order valence-electron chi connectivity index (χ4n) is 4.42.